The molecule has 102 valence electrons. The second kappa shape index (κ2) is 9.45. The highest BCUT2D eigenvalue weighted by molar-refractivity contribution is 7.87. The van der Waals surface area contributed by atoms with Gasteiger partial charge in [-0.05, 0) is 12.8 Å². The molecule has 4 nitrogen and oxygen atoms in total. The Hall–Kier alpha value is -0.580. The number of carbonyl (C=O) groups is 1. The quantitative estimate of drug-likeness (QED) is 0.449. The zero-order chi connectivity index (χ0) is 13.1. The monoisotopic (exact) mass is 264 g/mol. The van der Waals surface area contributed by atoms with Crippen LogP contribution < -0.4 is 0 Å². The maximum atomic E-state index is 11.4. The molecule has 0 aromatic carbocycles. The first-order chi connectivity index (χ1) is 8.02. The van der Waals surface area contributed by atoms with E-state index in [0.717, 1.165) is 19.3 Å². The summed E-state index contributed by atoms with van der Waals surface area (Å²) < 4.78 is 27.2. The van der Waals surface area contributed by atoms with E-state index in [1.54, 1.807) is 0 Å². The molecule has 17 heavy (non-hydrogen) atoms. The van der Waals surface area contributed by atoms with Gasteiger partial charge in [-0.1, -0.05) is 46.0 Å². The molecule has 0 atom stereocenters. The average molecular weight is 264 g/mol. The summed E-state index contributed by atoms with van der Waals surface area (Å²) in [5.41, 5.74) is 0. The molecule has 0 aliphatic heterocycles. The van der Waals surface area contributed by atoms with Gasteiger partial charge in [0.05, 0.1) is 5.75 Å². The third kappa shape index (κ3) is 10.3. The molecule has 0 fully saturated rings. The van der Waals surface area contributed by atoms with Crippen LogP contribution >= 0.6 is 0 Å². The Labute approximate surface area is 105 Å². The van der Waals surface area contributed by atoms with Gasteiger partial charge in [-0.15, -0.1) is 0 Å². The number of rotatable bonds is 10. The van der Waals surface area contributed by atoms with Crippen molar-refractivity contribution in [2.24, 2.45) is 0 Å². The van der Waals surface area contributed by atoms with Gasteiger partial charge in [0.1, 0.15) is 0 Å². The van der Waals surface area contributed by atoms with Crippen molar-refractivity contribution in [3.05, 3.63) is 0 Å². The molecule has 0 aromatic rings. The summed E-state index contributed by atoms with van der Waals surface area (Å²) in [7, 11) is -3.65. The van der Waals surface area contributed by atoms with Gasteiger partial charge in [-0.25, -0.2) is 0 Å². The Morgan fingerprint density at radius 1 is 0.941 bits per heavy atom. The third-order valence-electron chi connectivity index (χ3n) is 2.42. The maximum Gasteiger partial charge on any atom is 0.322 e. The van der Waals surface area contributed by atoms with E-state index in [4.69, 9.17) is 0 Å². The highest BCUT2D eigenvalue weighted by Gasteiger charge is 2.15. The Balaban J connectivity index is 3.68. The smallest absolute Gasteiger partial charge is 0.322 e. The van der Waals surface area contributed by atoms with E-state index < -0.39 is 16.1 Å². The molecule has 5 heteroatoms. The van der Waals surface area contributed by atoms with Gasteiger partial charge in [0.15, 0.2) is 0 Å². The van der Waals surface area contributed by atoms with Crippen molar-refractivity contribution in [2.75, 3.05) is 5.75 Å². The first kappa shape index (κ1) is 16.4. The number of carbonyl (C=O) groups excluding carboxylic acids is 1. The van der Waals surface area contributed by atoms with E-state index in [9.17, 15) is 13.2 Å². The van der Waals surface area contributed by atoms with E-state index in [1.165, 1.54) is 12.8 Å². The molecule has 0 rings (SSSR count). The molecule has 0 unspecified atom stereocenters. The van der Waals surface area contributed by atoms with Crippen molar-refractivity contribution < 1.29 is 17.4 Å². The number of hydrogen-bond acceptors (Lipinski definition) is 4. The first-order valence-electron chi connectivity index (χ1n) is 6.46. The van der Waals surface area contributed by atoms with Crippen molar-refractivity contribution in [2.45, 2.75) is 65.2 Å². The lowest BCUT2D eigenvalue weighted by Gasteiger charge is -2.04. The predicted octanol–water partition coefficient (Wildman–Crippen LogP) is 3.02. The highest BCUT2D eigenvalue weighted by atomic mass is 32.2. The molecule has 0 amide bonds. The van der Waals surface area contributed by atoms with Gasteiger partial charge < -0.3 is 4.18 Å². The molecule has 0 radical (unpaired) electrons. The van der Waals surface area contributed by atoms with E-state index in [0.29, 0.717) is 12.8 Å². The zero-order valence-corrected chi connectivity index (χ0v) is 11.7. The summed E-state index contributed by atoms with van der Waals surface area (Å²) in [4.78, 5) is 11.0. The van der Waals surface area contributed by atoms with Crippen LogP contribution in [0.25, 0.3) is 0 Å². The fourth-order valence-corrected chi connectivity index (χ4v) is 2.50. The van der Waals surface area contributed by atoms with Gasteiger partial charge >= 0.3 is 16.1 Å². The normalized spacial score (nSPS) is 11.4. The van der Waals surface area contributed by atoms with Crippen LogP contribution in [-0.4, -0.2) is 20.1 Å². The molecule has 0 heterocycles. The predicted molar refractivity (Wildman–Crippen MR) is 68.2 cm³/mol. The van der Waals surface area contributed by atoms with Crippen LogP contribution in [0.4, 0.5) is 0 Å². The number of unbranched alkanes of at least 4 members (excludes halogenated alkanes) is 5. The molecule has 0 aliphatic carbocycles. The number of hydrogen-bond donors (Lipinski definition) is 0. The summed E-state index contributed by atoms with van der Waals surface area (Å²) in [6.45, 7) is 3.94. The third-order valence-corrected chi connectivity index (χ3v) is 3.65. The molecule has 0 saturated carbocycles. The fourth-order valence-electron chi connectivity index (χ4n) is 1.49. The van der Waals surface area contributed by atoms with Crippen LogP contribution in [0.1, 0.15) is 65.2 Å². The van der Waals surface area contributed by atoms with Crippen LogP contribution in [-0.2, 0) is 19.1 Å². The van der Waals surface area contributed by atoms with Crippen molar-refractivity contribution in [1.29, 1.82) is 0 Å². The van der Waals surface area contributed by atoms with E-state index in [2.05, 4.69) is 11.1 Å². The summed E-state index contributed by atoms with van der Waals surface area (Å²) in [6, 6.07) is 0. The van der Waals surface area contributed by atoms with Crippen LogP contribution in [0.3, 0.4) is 0 Å². The molecule has 0 saturated heterocycles. The summed E-state index contributed by atoms with van der Waals surface area (Å²) in [6.07, 6.45) is 6.78. The average Bonchev–Trinajstić information content (AvgIpc) is 2.22. The SMILES string of the molecule is CCCCCCCCS(=O)(=O)OC(=O)CCC. The van der Waals surface area contributed by atoms with Crippen molar-refractivity contribution >= 4 is 16.1 Å². The molecule has 0 N–H and O–H groups in total. The molecule has 0 bridgehead atoms. The first-order valence-corrected chi connectivity index (χ1v) is 8.04. The Kier molecular flexibility index (Phi) is 9.13. The topological polar surface area (TPSA) is 60.4 Å². The minimum absolute atomic E-state index is 0.0470. The Morgan fingerprint density at radius 3 is 2.12 bits per heavy atom. The Bertz CT molecular complexity index is 296. The lowest BCUT2D eigenvalue weighted by atomic mass is 10.1. The van der Waals surface area contributed by atoms with E-state index >= 15 is 0 Å². The summed E-state index contributed by atoms with van der Waals surface area (Å²) >= 11 is 0. The molecule has 0 aromatic heterocycles. The van der Waals surface area contributed by atoms with Crippen molar-refractivity contribution in [3.63, 3.8) is 0 Å². The van der Waals surface area contributed by atoms with E-state index in [-0.39, 0.29) is 12.2 Å². The molecule has 0 aliphatic rings. The van der Waals surface area contributed by atoms with Gasteiger partial charge in [-0.3, -0.25) is 4.79 Å². The minimum atomic E-state index is -3.65. The van der Waals surface area contributed by atoms with Crippen molar-refractivity contribution in [3.8, 4) is 0 Å². The van der Waals surface area contributed by atoms with Crippen molar-refractivity contribution in [1.82, 2.24) is 0 Å². The van der Waals surface area contributed by atoms with Crippen LogP contribution in [0.15, 0.2) is 0 Å². The van der Waals surface area contributed by atoms with Gasteiger partial charge in [0, 0.05) is 6.42 Å². The molecular formula is C12H24O4S. The molecular weight excluding hydrogens is 240 g/mol. The Morgan fingerprint density at radius 2 is 1.53 bits per heavy atom. The largest absolute Gasteiger partial charge is 0.346 e. The lowest BCUT2D eigenvalue weighted by molar-refractivity contribution is -0.133. The van der Waals surface area contributed by atoms with Gasteiger partial charge in [0.25, 0.3) is 0 Å². The van der Waals surface area contributed by atoms with Gasteiger partial charge in [0.2, 0.25) is 0 Å². The maximum absolute atomic E-state index is 11.4. The highest BCUT2D eigenvalue weighted by Crippen LogP contribution is 2.08. The van der Waals surface area contributed by atoms with Gasteiger partial charge in [-0.2, -0.15) is 8.42 Å². The standard InChI is InChI=1S/C12H24O4S/c1-3-5-6-7-8-9-11-17(14,15)16-12(13)10-4-2/h3-11H2,1-2H3. The second-order valence-electron chi connectivity index (χ2n) is 4.23. The summed E-state index contributed by atoms with van der Waals surface area (Å²) in [5.74, 6) is -0.687. The fraction of sp³-hybridized carbons (Fsp3) is 0.917. The second-order valence-corrected chi connectivity index (χ2v) is 5.93. The van der Waals surface area contributed by atoms with Crippen LogP contribution in [0.2, 0.25) is 0 Å². The van der Waals surface area contributed by atoms with Crippen LogP contribution in [0.5, 0.6) is 0 Å². The minimum Gasteiger partial charge on any atom is -0.346 e. The zero-order valence-electron chi connectivity index (χ0n) is 10.9. The molecule has 0 spiro atoms. The summed E-state index contributed by atoms with van der Waals surface area (Å²) in [5, 5.41) is 0. The van der Waals surface area contributed by atoms with E-state index in [1.807, 2.05) is 6.92 Å². The van der Waals surface area contributed by atoms with Crippen LogP contribution in [0, 0.1) is 0 Å². The lowest BCUT2D eigenvalue weighted by Crippen LogP contribution is -2.15.